The number of rotatable bonds is 7. The van der Waals surface area contributed by atoms with Crippen LogP contribution in [0.15, 0.2) is 54.2 Å². The van der Waals surface area contributed by atoms with Crippen molar-refractivity contribution in [2.45, 2.75) is 38.3 Å². The van der Waals surface area contributed by atoms with E-state index in [4.69, 9.17) is 0 Å². The normalized spacial score (nSPS) is 16.4. The molecule has 0 saturated carbocycles. The highest BCUT2D eigenvalue weighted by atomic mass is 32.1. The van der Waals surface area contributed by atoms with Crippen molar-refractivity contribution >= 4 is 29.1 Å². The molecule has 3 heterocycles. The topological polar surface area (TPSA) is 112 Å². The van der Waals surface area contributed by atoms with Crippen molar-refractivity contribution in [3.8, 4) is 11.4 Å². The first-order valence-corrected chi connectivity index (χ1v) is 11.6. The van der Waals surface area contributed by atoms with Gasteiger partial charge in [0.15, 0.2) is 5.82 Å². The predicted octanol–water partition coefficient (Wildman–Crippen LogP) is 2.93. The van der Waals surface area contributed by atoms with Gasteiger partial charge in [0.25, 0.3) is 5.91 Å². The number of benzene rings is 1. The molecule has 8 nitrogen and oxygen atoms in total. The van der Waals surface area contributed by atoms with Gasteiger partial charge in [-0.3, -0.25) is 9.59 Å². The first-order valence-electron chi connectivity index (χ1n) is 10.7. The maximum atomic E-state index is 13.3. The highest BCUT2D eigenvalue weighted by Crippen LogP contribution is 2.21. The molecule has 33 heavy (non-hydrogen) atoms. The zero-order chi connectivity index (χ0) is 23.4. The summed E-state index contributed by atoms with van der Waals surface area (Å²) in [6.45, 7) is 2.29. The molecule has 2 unspecified atom stereocenters. The minimum absolute atomic E-state index is 0.244. The van der Waals surface area contributed by atoms with E-state index in [-0.39, 0.29) is 18.2 Å². The number of carboxylic acid groups (broad SMARTS) is 1. The summed E-state index contributed by atoms with van der Waals surface area (Å²) in [4.78, 5) is 48.2. The van der Waals surface area contributed by atoms with Crippen molar-refractivity contribution in [1.29, 1.82) is 0 Å². The number of nitrogens with one attached hydrogen (secondary N) is 1. The maximum Gasteiger partial charge on any atom is 0.326 e. The number of carbonyl (C=O) groups excluding carboxylic acids is 2. The highest BCUT2D eigenvalue weighted by molar-refractivity contribution is 7.12. The lowest BCUT2D eigenvalue weighted by molar-refractivity contribution is -0.148. The number of nitrogens with zero attached hydrogens (tertiary/aromatic N) is 3. The number of aliphatic carboxylic acids is 1. The van der Waals surface area contributed by atoms with Crippen molar-refractivity contribution in [2.75, 3.05) is 6.54 Å². The average molecular weight is 465 g/mol. The van der Waals surface area contributed by atoms with Gasteiger partial charge in [0.05, 0.1) is 4.88 Å². The average Bonchev–Trinajstić information content (AvgIpc) is 3.52. The molecule has 170 valence electrons. The van der Waals surface area contributed by atoms with E-state index in [2.05, 4.69) is 15.3 Å². The van der Waals surface area contributed by atoms with Crippen molar-refractivity contribution < 1.29 is 19.5 Å². The van der Waals surface area contributed by atoms with Crippen LogP contribution >= 0.6 is 11.3 Å². The van der Waals surface area contributed by atoms with Gasteiger partial charge in [0, 0.05) is 30.9 Å². The van der Waals surface area contributed by atoms with Crippen LogP contribution in [0.2, 0.25) is 0 Å². The summed E-state index contributed by atoms with van der Waals surface area (Å²) in [6, 6.07) is 9.21. The number of aromatic nitrogens is 2. The largest absolute Gasteiger partial charge is 0.480 e. The summed E-state index contributed by atoms with van der Waals surface area (Å²) >= 11 is 1.28. The van der Waals surface area contributed by atoms with E-state index in [0.29, 0.717) is 30.1 Å². The molecule has 1 aliphatic rings. The number of hydrogen-bond acceptors (Lipinski definition) is 6. The first kappa shape index (κ1) is 22.6. The molecule has 2 amide bonds. The fourth-order valence-electron chi connectivity index (χ4n) is 3.89. The molecular weight excluding hydrogens is 440 g/mol. The van der Waals surface area contributed by atoms with Gasteiger partial charge >= 0.3 is 5.97 Å². The number of thiophene rings is 1. The Morgan fingerprint density at radius 1 is 1.18 bits per heavy atom. The van der Waals surface area contributed by atoms with E-state index in [1.54, 1.807) is 29.9 Å². The third-order valence-electron chi connectivity index (χ3n) is 5.60. The summed E-state index contributed by atoms with van der Waals surface area (Å²) < 4.78 is 0. The number of aryl methyl sites for hydroxylation is 1. The monoisotopic (exact) mass is 464 g/mol. The van der Waals surface area contributed by atoms with Crippen molar-refractivity contribution in [1.82, 2.24) is 20.2 Å². The Hall–Kier alpha value is -3.59. The van der Waals surface area contributed by atoms with Crippen LogP contribution in [0.25, 0.3) is 11.4 Å². The molecule has 2 atom stereocenters. The van der Waals surface area contributed by atoms with Crippen LogP contribution < -0.4 is 5.32 Å². The summed E-state index contributed by atoms with van der Waals surface area (Å²) in [5.74, 6) is -1.14. The van der Waals surface area contributed by atoms with Crippen molar-refractivity contribution in [2.24, 2.45) is 0 Å². The molecule has 1 fully saturated rings. The molecule has 4 rings (SSSR count). The Balaban J connectivity index is 1.55. The first-order chi connectivity index (χ1) is 15.9. The van der Waals surface area contributed by atoms with Crippen LogP contribution in [-0.2, 0) is 16.0 Å². The van der Waals surface area contributed by atoms with Gasteiger partial charge in [-0.2, -0.15) is 0 Å². The molecule has 9 heteroatoms. The standard InChI is InChI=1S/C24H24N4O4S/c1-15-13-25-21(26-14-15)17-8-6-16(7-9-17)12-18(27-22(29)20-5-3-11-33-20)23(30)28-10-2-4-19(28)24(31)32/h3,5-9,11,13-14,18-19H,2,4,10,12H2,1H3,(H,27,29)(H,31,32). The van der Waals surface area contributed by atoms with Crippen LogP contribution in [-0.4, -0.2) is 56.4 Å². The zero-order valence-electron chi connectivity index (χ0n) is 18.1. The van der Waals surface area contributed by atoms with Crippen LogP contribution in [0.5, 0.6) is 0 Å². The van der Waals surface area contributed by atoms with Gasteiger partial charge in [0.2, 0.25) is 5.91 Å². The summed E-state index contributed by atoms with van der Waals surface area (Å²) in [5.41, 5.74) is 2.65. The van der Waals surface area contributed by atoms with E-state index in [0.717, 1.165) is 16.7 Å². The lowest BCUT2D eigenvalue weighted by atomic mass is 10.0. The fraction of sp³-hybridized carbons (Fsp3) is 0.292. The summed E-state index contributed by atoms with van der Waals surface area (Å²) in [6.07, 6.45) is 4.78. The Morgan fingerprint density at radius 2 is 1.91 bits per heavy atom. The molecule has 0 spiro atoms. The number of amides is 2. The smallest absolute Gasteiger partial charge is 0.326 e. The Bertz CT molecular complexity index is 1130. The highest BCUT2D eigenvalue weighted by Gasteiger charge is 2.37. The fourth-order valence-corrected chi connectivity index (χ4v) is 4.52. The van der Waals surface area contributed by atoms with E-state index >= 15 is 0 Å². The van der Waals surface area contributed by atoms with Crippen LogP contribution in [0.4, 0.5) is 0 Å². The Labute approximate surface area is 195 Å². The zero-order valence-corrected chi connectivity index (χ0v) is 18.9. The molecular formula is C24H24N4O4S. The quantitative estimate of drug-likeness (QED) is 0.556. The van der Waals surface area contributed by atoms with Gasteiger partial charge < -0.3 is 15.3 Å². The van der Waals surface area contributed by atoms with Crippen LogP contribution in [0.1, 0.15) is 33.6 Å². The van der Waals surface area contributed by atoms with Gasteiger partial charge in [-0.1, -0.05) is 30.3 Å². The van der Waals surface area contributed by atoms with E-state index in [1.165, 1.54) is 16.2 Å². The second kappa shape index (κ2) is 9.91. The van der Waals surface area contributed by atoms with E-state index in [1.807, 2.05) is 31.2 Å². The van der Waals surface area contributed by atoms with Crippen LogP contribution in [0, 0.1) is 6.92 Å². The minimum Gasteiger partial charge on any atom is -0.480 e. The van der Waals surface area contributed by atoms with Crippen LogP contribution in [0.3, 0.4) is 0 Å². The molecule has 1 saturated heterocycles. The Morgan fingerprint density at radius 3 is 2.55 bits per heavy atom. The van der Waals surface area contributed by atoms with Crippen molar-refractivity contribution in [3.05, 3.63) is 70.2 Å². The second-order valence-corrected chi connectivity index (χ2v) is 8.96. The molecule has 0 aliphatic carbocycles. The number of hydrogen-bond donors (Lipinski definition) is 2. The number of likely N-dealkylation sites (tertiary alicyclic amines) is 1. The third-order valence-corrected chi connectivity index (χ3v) is 6.47. The summed E-state index contributed by atoms with van der Waals surface area (Å²) in [5, 5.41) is 14.1. The van der Waals surface area contributed by atoms with Gasteiger partial charge in [-0.05, 0) is 42.3 Å². The summed E-state index contributed by atoms with van der Waals surface area (Å²) in [7, 11) is 0. The van der Waals surface area contributed by atoms with Gasteiger partial charge in [-0.15, -0.1) is 11.3 Å². The number of carbonyl (C=O) groups is 3. The molecule has 3 aromatic rings. The molecule has 1 aliphatic heterocycles. The van der Waals surface area contributed by atoms with E-state index < -0.39 is 18.1 Å². The second-order valence-electron chi connectivity index (χ2n) is 8.02. The third kappa shape index (κ3) is 5.25. The van der Waals surface area contributed by atoms with Crippen molar-refractivity contribution in [3.63, 3.8) is 0 Å². The SMILES string of the molecule is Cc1cnc(-c2ccc(CC(NC(=O)c3cccs3)C(=O)N3CCCC3C(=O)O)cc2)nc1. The maximum absolute atomic E-state index is 13.3. The van der Waals surface area contributed by atoms with Gasteiger partial charge in [-0.25, -0.2) is 14.8 Å². The molecule has 0 radical (unpaired) electrons. The number of carboxylic acids is 1. The molecule has 2 N–H and O–H groups in total. The van der Waals surface area contributed by atoms with Gasteiger partial charge in [0.1, 0.15) is 12.1 Å². The molecule has 2 aromatic heterocycles. The lowest BCUT2D eigenvalue weighted by Gasteiger charge is -2.27. The van der Waals surface area contributed by atoms with E-state index in [9.17, 15) is 19.5 Å². The minimum atomic E-state index is -1.02. The molecule has 1 aromatic carbocycles. The predicted molar refractivity (Wildman–Crippen MR) is 124 cm³/mol. The molecule has 0 bridgehead atoms. The Kier molecular flexibility index (Phi) is 6.79. The lowest BCUT2D eigenvalue weighted by Crippen LogP contribution is -2.52.